The van der Waals surface area contributed by atoms with Gasteiger partial charge in [-0.05, 0) is 54.8 Å². The van der Waals surface area contributed by atoms with Crippen LogP contribution in [0.3, 0.4) is 0 Å². The lowest BCUT2D eigenvalue weighted by molar-refractivity contribution is -0.132. The largest absolute Gasteiger partial charge is 0.503 e. The first-order valence-electron chi connectivity index (χ1n) is 9.78. The zero-order valence-electron chi connectivity index (χ0n) is 17.7. The number of anilines is 1. The van der Waals surface area contributed by atoms with Gasteiger partial charge in [0, 0.05) is 18.5 Å². The Labute approximate surface area is 175 Å². The van der Waals surface area contributed by atoms with Gasteiger partial charge in [0.05, 0.1) is 11.6 Å². The van der Waals surface area contributed by atoms with E-state index in [0.29, 0.717) is 17.0 Å². The van der Waals surface area contributed by atoms with Gasteiger partial charge in [0.2, 0.25) is 0 Å². The van der Waals surface area contributed by atoms with Crippen molar-refractivity contribution in [3.05, 3.63) is 70.5 Å². The first kappa shape index (κ1) is 21.3. The molecule has 1 atom stereocenters. The molecule has 1 aliphatic heterocycles. The van der Waals surface area contributed by atoms with Crippen LogP contribution in [0.2, 0.25) is 0 Å². The summed E-state index contributed by atoms with van der Waals surface area (Å²) in [4.78, 5) is 38.8. The lowest BCUT2D eigenvalue weighted by Crippen LogP contribution is -2.31. The number of Topliss-reactive ketones (excluding diaryl/α,β-unsaturated/α-hetero) is 1. The van der Waals surface area contributed by atoms with E-state index in [1.54, 1.807) is 44.2 Å². The first-order chi connectivity index (χ1) is 14.1. The van der Waals surface area contributed by atoms with Crippen molar-refractivity contribution < 1.29 is 24.2 Å². The molecule has 0 bridgehead atoms. The summed E-state index contributed by atoms with van der Waals surface area (Å²) in [6.45, 7) is 8.64. The summed E-state index contributed by atoms with van der Waals surface area (Å²) in [7, 11) is 0. The van der Waals surface area contributed by atoms with Crippen LogP contribution in [0, 0.1) is 19.8 Å². The minimum Gasteiger partial charge on any atom is -0.503 e. The minimum atomic E-state index is -0.829. The third kappa shape index (κ3) is 3.85. The van der Waals surface area contributed by atoms with Gasteiger partial charge in [-0.1, -0.05) is 32.0 Å². The van der Waals surface area contributed by atoms with Crippen LogP contribution < -0.4 is 9.64 Å². The summed E-state index contributed by atoms with van der Waals surface area (Å²) < 4.78 is 5.18. The number of aliphatic hydroxyl groups is 1. The van der Waals surface area contributed by atoms with Crippen LogP contribution in [0.1, 0.15) is 43.5 Å². The molecule has 0 saturated heterocycles. The van der Waals surface area contributed by atoms with E-state index in [1.807, 2.05) is 26.0 Å². The Kier molecular flexibility index (Phi) is 5.78. The summed E-state index contributed by atoms with van der Waals surface area (Å²) >= 11 is 0. The fourth-order valence-corrected chi connectivity index (χ4v) is 3.54. The standard InChI is InChI=1S/C24H25NO5/c1-13(2)22(27)20-21(17-7-6-8-19(12-17)30-16(5)26)25(24(29)23(20)28)18-10-9-14(3)15(4)11-18/h6-13,21,28H,1-5H3. The molecule has 0 aliphatic carbocycles. The molecule has 30 heavy (non-hydrogen) atoms. The smallest absolute Gasteiger partial charge is 0.308 e. The average molecular weight is 407 g/mol. The van der Waals surface area contributed by atoms with Gasteiger partial charge in [0.1, 0.15) is 5.75 Å². The van der Waals surface area contributed by atoms with Crippen LogP contribution >= 0.6 is 0 Å². The Morgan fingerprint density at radius 2 is 1.77 bits per heavy atom. The summed E-state index contributed by atoms with van der Waals surface area (Å²) in [5.74, 6) is -2.07. The highest BCUT2D eigenvalue weighted by Gasteiger charge is 2.44. The highest BCUT2D eigenvalue weighted by Crippen LogP contribution is 2.42. The van der Waals surface area contributed by atoms with E-state index in [0.717, 1.165) is 11.1 Å². The van der Waals surface area contributed by atoms with E-state index < -0.39 is 29.6 Å². The SMILES string of the molecule is CC(=O)Oc1cccc(C2C(C(=O)C(C)C)=C(O)C(=O)N2c2ccc(C)c(C)c2)c1. The van der Waals surface area contributed by atoms with Crippen molar-refractivity contribution in [3.63, 3.8) is 0 Å². The van der Waals surface area contributed by atoms with Gasteiger partial charge in [-0.25, -0.2) is 0 Å². The van der Waals surface area contributed by atoms with Crippen LogP contribution in [-0.4, -0.2) is 22.8 Å². The second-order valence-electron chi connectivity index (χ2n) is 7.79. The van der Waals surface area contributed by atoms with E-state index in [1.165, 1.54) is 11.8 Å². The maximum absolute atomic E-state index is 13.1. The molecular weight excluding hydrogens is 382 g/mol. The number of nitrogens with zero attached hydrogens (tertiary/aromatic N) is 1. The Hall–Kier alpha value is -3.41. The quantitative estimate of drug-likeness (QED) is 0.588. The third-order valence-electron chi connectivity index (χ3n) is 5.20. The van der Waals surface area contributed by atoms with Gasteiger partial charge in [0.25, 0.3) is 5.91 Å². The number of ether oxygens (including phenoxy) is 1. The Morgan fingerprint density at radius 1 is 1.07 bits per heavy atom. The summed E-state index contributed by atoms with van der Waals surface area (Å²) in [6, 6.07) is 11.4. The lowest BCUT2D eigenvalue weighted by atomic mass is 9.91. The van der Waals surface area contributed by atoms with Gasteiger partial charge >= 0.3 is 5.97 Å². The van der Waals surface area contributed by atoms with E-state index in [-0.39, 0.29) is 11.4 Å². The fourth-order valence-electron chi connectivity index (χ4n) is 3.54. The molecule has 1 heterocycles. The molecule has 0 saturated carbocycles. The molecule has 1 aliphatic rings. The zero-order chi connectivity index (χ0) is 22.2. The number of carbonyl (C=O) groups is 3. The van der Waals surface area contributed by atoms with Crippen molar-refractivity contribution in [2.24, 2.45) is 5.92 Å². The Bertz CT molecular complexity index is 1070. The molecule has 6 heteroatoms. The first-order valence-corrected chi connectivity index (χ1v) is 9.78. The number of esters is 1. The summed E-state index contributed by atoms with van der Waals surface area (Å²) in [5, 5.41) is 10.7. The fraction of sp³-hybridized carbons (Fsp3) is 0.292. The third-order valence-corrected chi connectivity index (χ3v) is 5.20. The van der Waals surface area contributed by atoms with Gasteiger partial charge in [-0.15, -0.1) is 0 Å². The molecule has 0 spiro atoms. The zero-order valence-corrected chi connectivity index (χ0v) is 17.7. The maximum Gasteiger partial charge on any atom is 0.308 e. The predicted molar refractivity (Wildman–Crippen MR) is 113 cm³/mol. The highest BCUT2D eigenvalue weighted by molar-refractivity contribution is 6.16. The molecule has 6 nitrogen and oxygen atoms in total. The number of carbonyl (C=O) groups excluding carboxylic acids is 3. The molecule has 2 aromatic rings. The molecular formula is C24H25NO5. The van der Waals surface area contributed by atoms with Gasteiger partial charge in [0.15, 0.2) is 11.5 Å². The topological polar surface area (TPSA) is 83.9 Å². The van der Waals surface area contributed by atoms with Crippen molar-refractivity contribution in [1.82, 2.24) is 0 Å². The second kappa shape index (κ2) is 8.14. The van der Waals surface area contributed by atoms with Crippen molar-refractivity contribution in [2.45, 2.75) is 40.7 Å². The van der Waals surface area contributed by atoms with Gasteiger partial charge < -0.3 is 9.84 Å². The van der Waals surface area contributed by atoms with Crippen LogP contribution in [0.15, 0.2) is 53.8 Å². The highest BCUT2D eigenvalue weighted by atomic mass is 16.5. The van der Waals surface area contributed by atoms with Gasteiger partial charge in [-0.3, -0.25) is 19.3 Å². The molecule has 2 aromatic carbocycles. The lowest BCUT2D eigenvalue weighted by Gasteiger charge is -2.28. The molecule has 156 valence electrons. The van der Waals surface area contributed by atoms with Crippen LogP contribution in [0.25, 0.3) is 0 Å². The summed E-state index contributed by atoms with van der Waals surface area (Å²) in [6.07, 6.45) is 0. The molecule has 0 fully saturated rings. The van der Waals surface area contributed by atoms with Crippen molar-refractivity contribution in [1.29, 1.82) is 0 Å². The molecule has 1 amide bonds. The number of hydrogen-bond acceptors (Lipinski definition) is 5. The summed E-state index contributed by atoms with van der Waals surface area (Å²) in [5.41, 5.74) is 3.23. The van der Waals surface area contributed by atoms with E-state index in [2.05, 4.69) is 0 Å². The number of aliphatic hydroxyl groups excluding tert-OH is 1. The monoisotopic (exact) mass is 407 g/mol. The Balaban J connectivity index is 2.19. The van der Waals surface area contributed by atoms with E-state index in [4.69, 9.17) is 4.74 Å². The number of ketones is 1. The molecule has 3 rings (SSSR count). The van der Waals surface area contributed by atoms with Crippen molar-refractivity contribution in [2.75, 3.05) is 4.90 Å². The number of benzene rings is 2. The second-order valence-corrected chi connectivity index (χ2v) is 7.79. The number of hydrogen-bond donors (Lipinski definition) is 1. The van der Waals surface area contributed by atoms with E-state index >= 15 is 0 Å². The minimum absolute atomic E-state index is 0.0493. The van der Waals surface area contributed by atoms with Crippen LogP contribution in [0.4, 0.5) is 5.69 Å². The Morgan fingerprint density at radius 3 is 2.37 bits per heavy atom. The maximum atomic E-state index is 13.1. The number of aryl methyl sites for hydroxylation is 2. The van der Waals surface area contributed by atoms with Crippen molar-refractivity contribution >= 4 is 23.3 Å². The van der Waals surface area contributed by atoms with E-state index in [9.17, 15) is 19.5 Å². The number of amides is 1. The molecule has 1 N–H and O–H groups in total. The predicted octanol–water partition coefficient (Wildman–Crippen LogP) is 4.35. The van der Waals surface area contributed by atoms with Crippen molar-refractivity contribution in [3.8, 4) is 5.75 Å². The average Bonchev–Trinajstić information content (AvgIpc) is 2.94. The molecule has 1 unspecified atom stereocenters. The molecule has 0 aromatic heterocycles. The van der Waals surface area contributed by atoms with Crippen LogP contribution in [-0.2, 0) is 14.4 Å². The number of rotatable bonds is 5. The van der Waals surface area contributed by atoms with Gasteiger partial charge in [-0.2, -0.15) is 0 Å². The van der Waals surface area contributed by atoms with Crippen LogP contribution in [0.5, 0.6) is 5.75 Å². The normalized spacial score (nSPS) is 16.4. The molecule has 0 radical (unpaired) electrons.